The second kappa shape index (κ2) is 5.54. The smallest absolute Gasteiger partial charge is 0.150 e. The number of aromatic nitrogens is 5. The van der Waals surface area contributed by atoms with Gasteiger partial charge in [0.15, 0.2) is 0 Å². The lowest BCUT2D eigenvalue weighted by molar-refractivity contribution is 0.276. The Morgan fingerprint density at radius 3 is 2.95 bits per heavy atom. The van der Waals surface area contributed by atoms with Crippen molar-refractivity contribution in [2.45, 2.75) is 32.4 Å². The van der Waals surface area contributed by atoms with Crippen LogP contribution < -0.4 is 4.90 Å². The molecular formula is C13H18N6O. The summed E-state index contributed by atoms with van der Waals surface area (Å²) in [7, 11) is 0. The van der Waals surface area contributed by atoms with E-state index >= 15 is 0 Å². The summed E-state index contributed by atoms with van der Waals surface area (Å²) in [6.45, 7) is 3.73. The van der Waals surface area contributed by atoms with Gasteiger partial charge in [-0.15, -0.1) is 5.10 Å². The largest absolute Gasteiger partial charge is 0.390 e. The average Bonchev–Trinajstić information content (AvgIpc) is 2.97. The molecule has 0 amide bonds. The maximum absolute atomic E-state index is 9.07. The molecule has 0 aromatic carbocycles. The molecule has 1 fully saturated rings. The lowest BCUT2D eigenvalue weighted by Crippen LogP contribution is -2.37. The predicted molar refractivity (Wildman–Crippen MR) is 73.2 cm³/mol. The van der Waals surface area contributed by atoms with E-state index in [9.17, 15) is 0 Å². The summed E-state index contributed by atoms with van der Waals surface area (Å²) in [4.78, 5) is 11.0. The van der Waals surface area contributed by atoms with Crippen LogP contribution in [0.4, 0.5) is 5.82 Å². The average molecular weight is 274 g/mol. The molecular weight excluding hydrogens is 256 g/mol. The van der Waals surface area contributed by atoms with Crippen LogP contribution in [0.25, 0.3) is 0 Å². The van der Waals surface area contributed by atoms with Gasteiger partial charge in [0.25, 0.3) is 0 Å². The molecule has 0 aliphatic carbocycles. The van der Waals surface area contributed by atoms with Crippen molar-refractivity contribution in [1.29, 1.82) is 0 Å². The minimum Gasteiger partial charge on any atom is -0.390 e. The van der Waals surface area contributed by atoms with Crippen LogP contribution in [0.15, 0.2) is 18.6 Å². The molecule has 1 atom stereocenters. The predicted octanol–water partition coefficient (Wildman–Crippen LogP) is 0.710. The monoisotopic (exact) mass is 274 g/mol. The highest BCUT2D eigenvalue weighted by atomic mass is 16.3. The quantitative estimate of drug-likeness (QED) is 0.888. The van der Waals surface area contributed by atoms with E-state index in [0.717, 1.165) is 37.4 Å². The fourth-order valence-electron chi connectivity index (χ4n) is 2.64. The van der Waals surface area contributed by atoms with Crippen LogP contribution in [-0.4, -0.2) is 43.2 Å². The van der Waals surface area contributed by atoms with Crippen LogP contribution in [0.2, 0.25) is 0 Å². The Bertz CT molecular complexity index is 584. The van der Waals surface area contributed by atoms with Crippen LogP contribution >= 0.6 is 0 Å². The van der Waals surface area contributed by atoms with E-state index in [-0.39, 0.29) is 12.6 Å². The summed E-state index contributed by atoms with van der Waals surface area (Å²) in [5, 5.41) is 17.1. The zero-order valence-corrected chi connectivity index (χ0v) is 11.5. The van der Waals surface area contributed by atoms with Gasteiger partial charge in [0, 0.05) is 25.5 Å². The van der Waals surface area contributed by atoms with E-state index in [1.54, 1.807) is 12.4 Å². The zero-order valence-electron chi connectivity index (χ0n) is 11.5. The van der Waals surface area contributed by atoms with Crippen molar-refractivity contribution in [3.05, 3.63) is 30.0 Å². The third-order valence-electron chi connectivity index (χ3n) is 3.65. The summed E-state index contributed by atoms with van der Waals surface area (Å²) < 4.78 is 1.85. The summed E-state index contributed by atoms with van der Waals surface area (Å²) in [5.41, 5.74) is 1.56. The van der Waals surface area contributed by atoms with Crippen molar-refractivity contribution < 1.29 is 5.11 Å². The Morgan fingerprint density at radius 2 is 2.20 bits per heavy atom. The molecule has 1 aliphatic rings. The van der Waals surface area contributed by atoms with E-state index in [2.05, 4.69) is 25.2 Å². The van der Waals surface area contributed by atoms with Gasteiger partial charge in [-0.05, 0) is 19.8 Å². The molecule has 20 heavy (non-hydrogen) atoms. The minimum absolute atomic E-state index is 0.0697. The first kappa shape index (κ1) is 13.0. The Labute approximate surface area is 117 Å². The van der Waals surface area contributed by atoms with E-state index in [0.29, 0.717) is 5.69 Å². The summed E-state index contributed by atoms with van der Waals surface area (Å²) in [6, 6.07) is 0.262. The molecule has 0 saturated carbocycles. The van der Waals surface area contributed by atoms with Crippen molar-refractivity contribution in [2.75, 3.05) is 18.0 Å². The van der Waals surface area contributed by atoms with Crippen molar-refractivity contribution in [3.63, 3.8) is 0 Å². The molecule has 0 spiro atoms. The molecule has 7 nitrogen and oxygen atoms in total. The zero-order chi connectivity index (χ0) is 13.9. The maximum Gasteiger partial charge on any atom is 0.150 e. The molecule has 1 unspecified atom stereocenters. The van der Waals surface area contributed by atoms with Gasteiger partial charge in [0.2, 0.25) is 0 Å². The van der Waals surface area contributed by atoms with Gasteiger partial charge in [0.1, 0.15) is 11.5 Å². The van der Waals surface area contributed by atoms with E-state index in [1.807, 2.05) is 17.8 Å². The standard InChI is InChI=1S/C13H18N6O/c1-10-13(15-5-4-14-10)18-6-2-3-12(8-18)19-7-11(9-20)16-17-19/h4-5,7,12,20H,2-3,6,8-9H2,1H3. The molecule has 106 valence electrons. The summed E-state index contributed by atoms with van der Waals surface area (Å²) in [5.74, 6) is 0.944. The first-order chi connectivity index (χ1) is 9.78. The second-order valence-corrected chi connectivity index (χ2v) is 5.06. The van der Waals surface area contributed by atoms with Crippen LogP contribution in [0.3, 0.4) is 0 Å². The first-order valence-corrected chi connectivity index (χ1v) is 6.82. The normalized spacial score (nSPS) is 19.3. The van der Waals surface area contributed by atoms with Crippen molar-refractivity contribution in [1.82, 2.24) is 25.0 Å². The molecule has 0 radical (unpaired) electrons. The highest BCUT2D eigenvalue weighted by Gasteiger charge is 2.24. The van der Waals surface area contributed by atoms with Gasteiger partial charge in [-0.3, -0.25) is 4.98 Å². The number of nitrogens with zero attached hydrogens (tertiary/aromatic N) is 6. The number of hydrogen-bond donors (Lipinski definition) is 1. The molecule has 7 heteroatoms. The highest BCUT2D eigenvalue weighted by Crippen LogP contribution is 2.25. The molecule has 2 aromatic rings. The van der Waals surface area contributed by atoms with Gasteiger partial charge in [0.05, 0.1) is 24.5 Å². The van der Waals surface area contributed by atoms with Crippen LogP contribution in [-0.2, 0) is 6.61 Å². The number of piperidine rings is 1. The second-order valence-electron chi connectivity index (χ2n) is 5.06. The fourth-order valence-corrected chi connectivity index (χ4v) is 2.64. The fraction of sp³-hybridized carbons (Fsp3) is 0.538. The van der Waals surface area contributed by atoms with Crippen LogP contribution in [0.5, 0.6) is 0 Å². The number of aryl methyl sites for hydroxylation is 1. The molecule has 1 N–H and O–H groups in total. The maximum atomic E-state index is 9.07. The lowest BCUT2D eigenvalue weighted by atomic mass is 10.1. The molecule has 0 bridgehead atoms. The van der Waals surface area contributed by atoms with Gasteiger partial charge in [-0.2, -0.15) is 0 Å². The number of anilines is 1. The Balaban J connectivity index is 1.78. The lowest BCUT2D eigenvalue weighted by Gasteiger charge is -2.33. The Morgan fingerprint density at radius 1 is 1.35 bits per heavy atom. The molecule has 1 aliphatic heterocycles. The molecule has 3 heterocycles. The van der Waals surface area contributed by atoms with E-state index < -0.39 is 0 Å². The topological polar surface area (TPSA) is 80.0 Å². The first-order valence-electron chi connectivity index (χ1n) is 6.82. The SMILES string of the molecule is Cc1nccnc1N1CCCC(n2cc(CO)nn2)C1. The summed E-state index contributed by atoms with van der Waals surface area (Å²) in [6.07, 6.45) is 7.40. The van der Waals surface area contributed by atoms with Gasteiger partial charge >= 0.3 is 0 Å². The number of aliphatic hydroxyl groups excluding tert-OH is 1. The minimum atomic E-state index is -0.0697. The molecule has 3 rings (SSSR count). The van der Waals surface area contributed by atoms with Crippen molar-refractivity contribution in [2.24, 2.45) is 0 Å². The Kier molecular flexibility index (Phi) is 3.60. The van der Waals surface area contributed by atoms with E-state index in [4.69, 9.17) is 5.11 Å². The Hall–Kier alpha value is -2.02. The summed E-state index contributed by atoms with van der Waals surface area (Å²) >= 11 is 0. The third-order valence-corrected chi connectivity index (χ3v) is 3.65. The van der Waals surface area contributed by atoms with Gasteiger partial charge < -0.3 is 10.0 Å². The van der Waals surface area contributed by atoms with Gasteiger partial charge in [-0.1, -0.05) is 5.21 Å². The van der Waals surface area contributed by atoms with E-state index in [1.165, 1.54) is 0 Å². The van der Waals surface area contributed by atoms with Crippen molar-refractivity contribution in [3.8, 4) is 0 Å². The number of aliphatic hydroxyl groups is 1. The van der Waals surface area contributed by atoms with Crippen LogP contribution in [0.1, 0.15) is 30.3 Å². The number of rotatable bonds is 3. The van der Waals surface area contributed by atoms with Gasteiger partial charge in [-0.25, -0.2) is 9.67 Å². The molecule has 2 aromatic heterocycles. The third kappa shape index (κ3) is 2.49. The number of hydrogen-bond acceptors (Lipinski definition) is 6. The molecule has 1 saturated heterocycles. The van der Waals surface area contributed by atoms with Crippen molar-refractivity contribution >= 4 is 5.82 Å². The highest BCUT2D eigenvalue weighted by molar-refractivity contribution is 5.42. The van der Waals surface area contributed by atoms with Crippen LogP contribution in [0, 0.1) is 6.92 Å².